The van der Waals surface area contributed by atoms with Crippen LogP contribution < -0.4 is 5.32 Å². The van der Waals surface area contributed by atoms with Gasteiger partial charge in [0, 0.05) is 35.9 Å². The van der Waals surface area contributed by atoms with Gasteiger partial charge in [0.2, 0.25) is 0 Å². The zero-order chi connectivity index (χ0) is 30.8. The topological polar surface area (TPSA) is 112 Å². The molecule has 42 heavy (non-hydrogen) atoms. The second kappa shape index (κ2) is 11.9. The molecule has 10 nitrogen and oxygen atoms in total. The van der Waals surface area contributed by atoms with Crippen LogP contribution in [-0.2, 0) is 37.8 Å². The lowest BCUT2D eigenvalue weighted by molar-refractivity contribution is -0.154. The molecule has 4 rings (SSSR count). The van der Waals surface area contributed by atoms with Crippen LogP contribution in [0.4, 0.5) is 19.4 Å². The number of hydrogen-bond donors (Lipinski definition) is 1. The zero-order valence-corrected chi connectivity index (χ0v) is 24.3. The Morgan fingerprint density at radius 2 is 1.93 bits per heavy atom. The van der Waals surface area contributed by atoms with Gasteiger partial charge in [-0.05, 0) is 45.4 Å². The lowest BCUT2D eigenvalue weighted by Crippen LogP contribution is -2.50. The SMILES string of the molecule is C=CCC1(C(=O)OC)c2ccc(F)cc2C(=O)N1Cc1cc2nc(NC(=O)OC(C)(C)C)c(F)cc2n1COCCC. The van der Waals surface area contributed by atoms with Gasteiger partial charge < -0.3 is 23.7 Å². The van der Waals surface area contributed by atoms with Gasteiger partial charge in [-0.15, -0.1) is 6.58 Å². The van der Waals surface area contributed by atoms with Gasteiger partial charge in [-0.1, -0.05) is 19.1 Å². The van der Waals surface area contributed by atoms with Gasteiger partial charge in [-0.3, -0.25) is 10.1 Å². The number of halogens is 2. The fourth-order valence-electron chi connectivity index (χ4n) is 5.07. The van der Waals surface area contributed by atoms with E-state index in [-0.39, 0.29) is 31.1 Å². The summed E-state index contributed by atoms with van der Waals surface area (Å²) >= 11 is 0. The van der Waals surface area contributed by atoms with Crippen molar-refractivity contribution in [3.63, 3.8) is 0 Å². The number of aromatic nitrogens is 2. The van der Waals surface area contributed by atoms with E-state index in [1.165, 1.54) is 36.3 Å². The Bertz CT molecular complexity index is 1550. The highest BCUT2D eigenvalue weighted by Crippen LogP contribution is 2.44. The minimum atomic E-state index is -1.62. The first kappa shape index (κ1) is 30.6. The normalized spacial score (nSPS) is 16.5. The number of esters is 1. The van der Waals surface area contributed by atoms with Gasteiger partial charge in [-0.2, -0.15) is 0 Å². The van der Waals surface area contributed by atoms with Crippen LogP contribution in [0.2, 0.25) is 0 Å². The molecule has 1 atom stereocenters. The van der Waals surface area contributed by atoms with Gasteiger partial charge in [0.1, 0.15) is 18.1 Å². The van der Waals surface area contributed by atoms with Gasteiger partial charge >= 0.3 is 12.1 Å². The van der Waals surface area contributed by atoms with Crippen molar-refractivity contribution in [1.82, 2.24) is 14.5 Å². The molecule has 1 aromatic carbocycles. The summed E-state index contributed by atoms with van der Waals surface area (Å²) in [5, 5.41) is 2.33. The van der Waals surface area contributed by atoms with E-state index in [4.69, 9.17) is 14.2 Å². The lowest BCUT2D eigenvalue weighted by atomic mass is 9.86. The summed E-state index contributed by atoms with van der Waals surface area (Å²) < 4.78 is 47.2. The fourth-order valence-corrected chi connectivity index (χ4v) is 5.07. The van der Waals surface area contributed by atoms with E-state index < -0.39 is 40.7 Å². The van der Waals surface area contributed by atoms with Crippen molar-refractivity contribution in [2.45, 2.75) is 65.0 Å². The Balaban J connectivity index is 1.83. The van der Waals surface area contributed by atoms with E-state index in [9.17, 15) is 18.8 Å². The summed E-state index contributed by atoms with van der Waals surface area (Å²) in [6.45, 7) is 11.0. The summed E-state index contributed by atoms with van der Waals surface area (Å²) in [6, 6.07) is 6.47. The van der Waals surface area contributed by atoms with E-state index in [2.05, 4.69) is 16.9 Å². The highest BCUT2D eigenvalue weighted by molar-refractivity contribution is 6.06. The minimum Gasteiger partial charge on any atom is -0.467 e. The number of carbonyl (C=O) groups is 3. The summed E-state index contributed by atoms with van der Waals surface area (Å²) in [4.78, 5) is 45.0. The maximum absolute atomic E-state index is 15.2. The van der Waals surface area contributed by atoms with Gasteiger partial charge in [-0.25, -0.2) is 23.4 Å². The molecule has 12 heteroatoms. The van der Waals surface area contributed by atoms with Crippen molar-refractivity contribution < 1.29 is 37.4 Å². The van der Waals surface area contributed by atoms with Crippen LogP contribution in [0.3, 0.4) is 0 Å². The third-order valence-corrected chi connectivity index (χ3v) is 6.76. The van der Waals surface area contributed by atoms with Crippen molar-refractivity contribution in [1.29, 1.82) is 0 Å². The van der Waals surface area contributed by atoms with Crippen LogP contribution in [-0.4, -0.2) is 51.7 Å². The van der Waals surface area contributed by atoms with Crippen LogP contribution in [0.1, 0.15) is 62.2 Å². The Kier molecular flexibility index (Phi) is 8.67. The first-order valence-corrected chi connectivity index (χ1v) is 13.4. The monoisotopic (exact) mass is 584 g/mol. The van der Waals surface area contributed by atoms with Crippen molar-refractivity contribution in [3.8, 4) is 0 Å². The standard InChI is InChI=1S/C30H34F2N4O6/c1-7-11-30(27(38)40-6)21-10-9-18(31)13-20(21)26(37)36(30)16-19-14-23-24(35(19)17-41-12-8-2)15-22(32)25(33-23)34-28(39)42-29(3,4)5/h7,9-10,13-15H,1,8,11-12,16-17H2,2-6H3,(H,33,34,39). The molecule has 1 unspecified atom stereocenters. The molecule has 3 heterocycles. The molecule has 1 aliphatic heterocycles. The third-order valence-electron chi connectivity index (χ3n) is 6.76. The van der Waals surface area contributed by atoms with Crippen LogP contribution in [0, 0.1) is 11.6 Å². The van der Waals surface area contributed by atoms with Gasteiger partial charge in [0.15, 0.2) is 17.2 Å². The number of methoxy groups -OCH3 is 1. The second-order valence-electron chi connectivity index (χ2n) is 10.9. The van der Waals surface area contributed by atoms with E-state index in [1.807, 2.05) is 6.92 Å². The first-order valence-electron chi connectivity index (χ1n) is 13.4. The molecule has 0 radical (unpaired) electrons. The molecular formula is C30H34F2N4O6. The molecule has 3 aromatic rings. The molecule has 2 aromatic heterocycles. The third kappa shape index (κ3) is 5.71. The number of nitrogens with zero attached hydrogens (tertiary/aromatic N) is 3. The molecule has 0 fully saturated rings. The maximum atomic E-state index is 15.2. The van der Waals surface area contributed by atoms with E-state index >= 15 is 4.39 Å². The Morgan fingerprint density at radius 3 is 2.57 bits per heavy atom. The average Bonchev–Trinajstić information content (AvgIpc) is 3.35. The van der Waals surface area contributed by atoms with E-state index in [1.54, 1.807) is 31.4 Å². The number of nitrogens with one attached hydrogen (secondary N) is 1. The summed E-state index contributed by atoms with van der Waals surface area (Å²) in [6.07, 6.45) is 1.33. The molecule has 0 spiro atoms. The maximum Gasteiger partial charge on any atom is 0.413 e. The highest BCUT2D eigenvalue weighted by atomic mass is 19.1. The molecule has 224 valence electrons. The Labute approximate surface area is 242 Å². The van der Waals surface area contributed by atoms with Crippen molar-refractivity contribution in [3.05, 3.63) is 71.4 Å². The molecule has 0 aliphatic carbocycles. The molecule has 0 saturated carbocycles. The Morgan fingerprint density at radius 1 is 1.19 bits per heavy atom. The predicted octanol–water partition coefficient (Wildman–Crippen LogP) is 5.65. The zero-order valence-electron chi connectivity index (χ0n) is 24.3. The number of pyridine rings is 1. The highest BCUT2D eigenvalue weighted by Gasteiger charge is 2.55. The minimum absolute atomic E-state index is 0.00650. The number of benzene rings is 1. The van der Waals surface area contributed by atoms with E-state index in [0.717, 1.165) is 12.5 Å². The summed E-state index contributed by atoms with van der Waals surface area (Å²) in [5.74, 6) is -3.10. The molecule has 0 bridgehead atoms. The van der Waals surface area contributed by atoms with E-state index in [0.29, 0.717) is 28.9 Å². The van der Waals surface area contributed by atoms with Crippen molar-refractivity contribution in [2.24, 2.45) is 0 Å². The van der Waals surface area contributed by atoms with Crippen LogP contribution >= 0.6 is 0 Å². The van der Waals surface area contributed by atoms with Crippen LogP contribution in [0.5, 0.6) is 0 Å². The largest absolute Gasteiger partial charge is 0.467 e. The van der Waals surface area contributed by atoms with Crippen molar-refractivity contribution in [2.75, 3.05) is 19.0 Å². The smallest absolute Gasteiger partial charge is 0.413 e. The number of hydrogen-bond acceptors (Lipinski definition) is 7. The fraction of sp³-hybridized carbons (Fsp3) is 0.400. The molecule has 0 saturated heterocycles. The summed E-state index contributed by atoms with van der Waals surface area (Å²) in [7, 11) is 1.21. The number of carbonyl (C=O) groups excluding carboxylic acids is 3. The second-order valence-corrected chi connectivity index (χ2v) is 10.9. The lowest BCUT2D eigenvalue weighted by Gasteiger charge is -2.36. The quantitative estimate of drug-likeness (QED) is 0.186. The molecule has 1 N–H and O–H groups in total. The molecule has 2 amide bonds. The van der Waals surface area contributed by atoms with Gasteiger partial charge in [0.25, 0.3) is 5.91 Å². The number of amides is 2. The van der Waals surface area contributed by atoms with Crippen molar-refractivity contribution >= 4 is 34.8 Å². The number of ether oxygens (including phenoxy) is 3. The molecule has 1 aliphatic rings. The molecular weight excluding hydrogens is 550 g/mol. The number of anilines is 1. The van der Waals surface area contributed by atoms with Crippen LogP contribution in [0.15, 0.2) is 43.0 Å². The Hall–Kier alpha value is -4.32. The van der Waals surface area contributed by atoms with Gasteiger partial charge in [0.05, 0.1) is 24.7 Å². The summed E-state index contributed by atoms with van der Waals surface area (Å²) in [5.41, 5.74) is -1.04. The van der Waals surface area contributed by atoms with Crippen LogP contribution in [0.25, 0.3) is 11.0 Å². The number of fused-ring (bicyclic) bond motifs is 2. The predicted molar refractivity (Wildman–Crippen MR) is 151 cm³/mol. The average molecular weight is 585 g/mol. The number of rotatable bonds is 10. The first-order chi connectivity index (χ1) is 19.9.